The zero-order chi connectivity index (χ0) is 12.3. The average molecular weight is 222 g/mol. The molecule has 3 heteroatoms. The summed E-state index contributed by atoms with van der Waals surface area (Å²) in [7, 11) is 0. The minimum absolute atomic E-state index is 0.159. The highest BCUT2D eigenvalue weighted by atomic mass is 16.1. The third-order valence-corrected chi connectivity index (χ3v) is 2.54. The Morgan fingerprint density at radius 1 is 1.18 bits per heavy atom. The van der Waals surface area contributed by atoms with Crippen LogP contribution >= 0.6 is 0 Å². The standard InChI is InChI=1S/C14H10N2O/c1-10-12(7-4-8-16-10)14(17)13-6-3-2-5-11(13)9-15/h2-8H,1H3. The van der Waals surface area contributed by atoms with Crippen molar-refractivity contribution < 1.29 is 4.79 Å². The molecule has 0 amide bonds. The fourth-order valence-corrected chi connectivity index (χ4v) is 1.65. The normalized spacial score (nSPS) is 9.65. The van der Waals surface area contributed by atoms with E-state index in [1.807, 2.05) is 6.07 Å². The summed E-state index contributed by atoms with van der Waals surface area (Å²) in [5.74, 6) is -0.159. The van der Waals surface area contributed by atoms with E-state index in [1.54, 1.807) is 49.5 Å². The summed E-state index contributed by atoms with van der Waals surface area (Å²) in [5.41, 5.74) is 2.02. The number of nitrogens with zero attached hydrogens (tertiary/aromatic N) is 2. The van der Waals surface area contributed by atoms with Crippen LogP contribution in [0.2, 0.25) is 0 Å². The predicted octanol–water partition coefficient (Wildman–Crippen LogP) is 2.49. The van der Waals surface area contributed by atoms with Crippen LogP contribution in [0.15, 0.2) is 42.6 Å². The number of nitriles is 1. The number of ketones is 1. The molecule has 82 valence electrons. The van der Waals surface area contributed by atoms with E-state index in [0.717, 1.165) is 0 Å². The second-order valence-electron chi connectivity index (χ2n) is 3.62. The van der Waals surface area contributed by atoms with Gasteiger partial charge in [0.15, 0.2) is 5.78 Å². The van der Waals surface area contributed by atoms with Gasteiger partial charge in [0.25, 0.3) is 0 Å². The maximum atomic E-state index is 12.3. The van der Waals surface area contributed by atoms with Crippen molar-refractivity contribution in [1.82, 2.24) is 4.98 Å². The maximum absolute atomic E-state index is 12.3. The molecule has 0 N–H and O–H groups in total. The lowest BCUT2D eigenvalue weighted by Gasteiger charge is -2.05. The van der Waals surface area contributed by atoms with Crippen molar-refractivity contribution >= 4 is 5.78 Å². The van der Waals surface area contributed by atoms with Gasteiger partial charge in [0, 0.05) is 23.0 Å². The molecule has 0 unspecified atom stereocenters. The number of benzene rings is 1. The minimum Gasteiger partial charge on any atom is -0.288 e. The highest BCUT2D eigenvalue weighted by molar-refractivity contribution is 6.11. The molecule has 1 aromatic carbocycles. The van der Waals surface area contributed by atoms with Crippen molar-refractivity contribution in [2.75, 3.05) is 0 Å². The van der Waals surface area contributed by atoms with Gasteiger partial charge in [0.2, 0.25) is 0 Å². The van der Waals surface area contributed by atoms with Crippen molar-refractivity contribution in [1.29, 1.82) is 5.26 Å². The number of carbonyl (C=O) groups is 1. The first kappa shape index (κ1) is 11.0. The van der Waals surface area contributed by atoms with Crippen LogP contribution in [0.4, 0.5) is 0 Å². The lowest BCUT2D eigenvalue weighted by molar-refractivity contribution is 0.103. The van der Waals surface area contributed by atoms with E-state index in [9.17, 15) is 4.79 Å². The molecule has 1 aromatic heterocycles. The third kappa shape index (κ3) is 2.06. The minimum atomic E-state index is -0.159. The van der Waals surface area contributed by atoms with Gasteiger partial charge in [-0.25, -0.2) is 0 Å². The van der Waals surface area contributed by atoms with E-state index in [2.05, 4.69) is 4.98 Å². The van der Waals surface area contributed by atoms with Gasteiger partial charge in [-0.15, -0.1) is 0 Å². The molecule has 0 bridgehead atoms. The molecule has 2 aromatic rings. The highest BCUT2D eigenvalue weighted by Gasteiger charge is 2.15. The summed E-state index contributed by atoms with van der Waals surface area (Å²) in [4.78, 5) is 16.3. The van der Waals surface area contributed by atoms with Crippen LogP contribution < -0.4 is 0 Å². The van der Waals surface area contributed by atoms with Crippen LogP contribution in [0.25, 0.3) is 0 Å². The van der Waals surface area contributed by atoms with Gasteiger partial charge in [-0.2, -0.15) is 5.26 Å². The van der Waals surface area contributed by atoms with Crippen LogP contribution in [-0.4, -0.2) is 10.8 Å². The number of aromatic nitrogens is 1. The van der Waals surface area contributed by atoms with Crippen molar-refractivity contribution in [2.45, 2.75) is 6.92 Å². The maximum Gasteiger partial charge on any atom is 0.196 e. The summed E-state index contributed by atoms with van der Waals surface area (Å²) in [6.07, 6.45) is 1.64. The molecule has 0 saturated heterocycles. The van der Waals surface area contributed by atoms with Gasteiger partial charge in [-0.05, 0) is 31.2 Å². The first-order chi connectivity index (χ1) is 8.24. The molecule has 0 fully saturated rings. The third-order valence-electron chi connectivity index (χ3n) is 2.54. The molecule has 1 heterocycles. The first-order valence-electron chi connectivity index (χ1n) is 5.19. The van der Waals surface area contributed by atoms with Crippen LogP contribution in [0.1, 0.15) is 27.2 Å². The topological polar surface area (TPSA) is 53.8 Å². The Kier molecular flexibility index (Phi) is 2.97. The van der Waals surface area contributed by atoms with Crippen LogP contribution in [-0.2, 0) is 0 Å². The molecule has 0 radical (unpaired) electrons. The van der Waals surface area contributed by atoms with Gasteiger partial charge in [0.05, 0.1) is 11.6 Å². The van der Waals surface area contributed by atoms with E-state index in [0.29, 0.717) is 22.4 Å². The van der Waals surface area contributed by atoms with E-state index in [1.165, 1.54) is 0 Å². The fraction of sp³-hybridized carbons (Fsp3) is 0.0714. The van der Waals surface area contributed by atoms with E-state index >= 15 is 0 Å². The zero-order valence-corrected chi connectivity index (χ0v) is 9.34. The van der Waals surface area contributed by atoms with Crippen molar-refractivity contribution in [3.05, 3.63) is 65.0 Å². The molecular formula is C14H10N2O. The molecule has 3 nitrogen and oxygen atoms in total. The first-order valence-corrected chi connectivity index (χ1v) is 5.19. The van der Waals surface area contributed by atoms with Crippen molar-refractivity contribution in [3.8, 4) is 6.07 Å². The van der Waals surface area contributed by atoms with Crippen LogP contribution in [0.3, 0.4) is 0 Å². The lowest BCUT2D eigenvalue weighted by Crippen LogP contribution is -2.06. The Balaban J connectivity index is 2.53. The number of aryl methyl sites for hydroxylation is 1. The summed E-state index contributed by atoms with van der Waals surface area (Å²) < 4.78 is 0. The second-order valence-corrected chi connectivity index (χ2v) is 3.62. The number of pyridine rings is 1. The van der Waals surface area contributed by atoms with Gasteiger partial charge < -0.3 is 0 Å². The summed E-state index contributed by atoms with van der Waals surface area (Å²) in [5, 5.41) is 8.97. The van der Waals surface area contributed by atoms with Crippen molar-refractivity contribution in [2.24, 2.45) is 0 Å². The molecule has 0 aliphatic heterocycles. The number of hydrogen-bond acceptors (Lipinski definition) is 3. The zero-order valence-electron chi connectivity index (χ0n) is 9.34. The summed E-state index contributed by atoms with van der Waals surface area (Å²) >= 11 is 0. The number of rotatable bonds is 2. The Labute approximate surface area is 99.4 Å². The monoisotopic (exact) mass is 222 g/mol. The van der Waals surface area contributed by atoms with E-state index in [-0.39, 0.29) is 5.78 Å². The molecular weight excluding hydrogens is 212 g/mol. The van der Waals surface area contributed by atoms with Gasteiger partial charge in [0.1, 0.15) is 0 Å². The summed E-state index contributed by atoms with van der Waals surface area (Å²) in [6, 6.07) is 12.3. The SMILES string of the molecule is Cc1ncccc1C(=O)c1ccccc1C#N. The largest absolute Gasteiger partial charge is 0.288 e. The Hall–Kier alpha value is -2.47. The van der Waals surface area contributed by atoms with Crippen LogP contribution in [0.5, 0.6) is 0 Å². The molecule has 0 spiro atoms. The Morgan fingerprint density at radius 2 is 1.88 bits per heavy atom. The average Bonchev–Trinajstić information content (AvgIpc) is 2.38. The second kappa shape index (κ2) is 4.58. The van der Waals surface area contributed by atoms with Crippen LogP contribution in [0, 0.1) is 18.3 Å². The van der Waals surface area contributed by atoms with Crippen molar-refractivity contribution in [3.63, 3.8) is 0 Å². The molecule has 0 atom stereocenters. The molecule has 2 rings (SSSR count). The molecule has 17 heavy (non-hydrogen) atoms. The quantitative estimate of drug-likeness (QED) is 0.733. The highest BCUT2D eigenvalue weighted by Crippen LogP contribution is 2.15. The van der Waals surface area contributed by atoms with E-state index < -0.39 is 0 Å². The lowest BCUT2D eigenvalue weighted by atomic mass is 9.98. The number of hydrogen-bond donors (Lipinski definition) is 0. The Bertz CT molecular complexity index is 612. The van der Waals surface area contributed by atoms with Gasteiger partial charge in [-0.3, -0.25) is 9.78 Å². The smallest absolute Gasteiger partial charge is 0.196 e. The molecule has 0 aliphatic carbocycles. The molecule has 0 aliphatic rings. The van der Waals surface area contributed by atoms with E-state index in [4.69, 9.17) is 5.26 Å². The molecule has 0 saturated carbocycles. The Morgan fingerprint density at radius 3 is 2.59 bits per heavy atom. The number of carbonyl (C=O) groups excluding carboxylic acids is 1. The predicted molar refractivity (Wildman–Crippen MR) is 63.6 cm³/mol. The summed E-state index contributed by atoms with van der Waals surface area (Å²) in [6.45, 7) is 1.78. The van der Waals surface area contributed by atoms with Gasteiger partial charge >= 0.3 is 0 Å². The van der Waals surface area contributed by atoms with Gasteiger partial charge in [-0.1, -0.05) is 12.1 Å². The fourth-order valence-electron chi connectivity index (χ4n) is 1.65.